The van der Waals surface area contributed by atoms with Crippen LogP contribution < -0.4 is 5.32 Å². The van der Waals surface area contributed by atoms with Gasteiger partial charge in [-0.25, -0.2) is 4.79 Å². The number of rotatable bonds is 7. The molecule has 1 atom stereocenters. The molecule has 0 aliphatic rings. The molecular weight excluding hydrogens is 346 g/mol. The molecule has 0 bridgehead atoms. The van der Waals surface area contributed by atoms with E-state index in [1.54, 1.807) is 17.0 Å². The van der Waals surface area contributed by atoms with Crippen LogP contribution in [0.4, 0.5) is 10.5 Å². The van der Waals surface area contributed by atoms with Crippen LogP contribution in [-0.4, -0.2) is 59.5 Å². The molecule has 8 heteroatoms. The number of carbonyl (C=O) groups excluding carboxylic acids is 2. The molecule has 0 spiro atoms. The van der Waals surface area contributed by atoms with Crippen LogP contribution in [0.25, 0.3) is 0 Å². The maximum Gasteiger partial charge on any atom is 0.321 e. The summed E-state index contributed by atoms with van der Waals surface area (Å²) >= 11 is 6.18. The van der Waals surface area contributed by atoms with Crippen molar-refractivity contribution in [2.24, 2.45) is 5.92 Å². The van der Waals surface area contributed by atoms with Gasteiger partial charge in [0, 0.05) is 32.4 Å². The van der Waals surface area contributed by atoms with Crippen molar-refractivity contribution >= 4 is 35.2 Å². The second-order valence-corrected chi connectivity index (χ2v) is 6.13. The zero-order chi connectivity index (χ0) is 19.1. The number of halogens is 1. The standard InChI is InChI=1S/C17H24ClN3O4/c1-5-21(6-2)15(22)13-8-7-12(9-14(13)18)19-17(25)20(4)10-11(3)16(23)24/h7-9,11H,5-6,10H2,1-4H3,(H,19,25)(H,23,24). The van der Waals surface area contributed by atoms with Gasteiger partial charge in [0.15, 0.2) is 0 Å². The molecule has 7 nitrogen and oxygen atoms in total. The van der Waals surface area contributed by atoms with Crippen LogP contribution in [0.3, 0.4) is 0 Å². The third-order valence-electron chi connectivity index (χ3n) is 3.82. The second-order valence-electron chi connectivity index (χ2n) is 5.72. The third kappa shape index (κ3) is 5.63. The van der Waals surface area contributed by atoms with Crippen molar-refractivity contribution in [1.29, 1.82) is 0 Å². The van der Waals surface area contributed by atoms with E-state index in [1.165, 1.54) is 24.9 Å². The number of hydrogen-bond acceptors (Lipinski definition) is 3. The average molecular weight is 370 g/mol. The van der Waals surface area contributed by atoms with Crippen LogP contribution in [0, 0.1) is 5.92 Å². The lowest BCUT2D eigenvalue weighted by Crippen LogP contribution is -2.36. The fourth-order valence-electron chi connectivity index (χ4n) is 2.24. The van der Waals surface area contributed by atoms with E-state index in [4.69, 9.17) is 16.7 Å². The van der Waals surface area contributed by atoms with Gasteiger partial charge in [0.25, 0.3) is 5.91 Å². The smallest absolute Gasteiger partial charge is 0.321 e. The fraction of sp³-hybridized carbons (Fsp3) is 0.471. The Balaban J connectivity index is 2.82. The van der Waals surface area contributed by atoms with Gasteiger partial charge in [0.2, 0.25) is 0 Å². The van der Waals surface area contributed by atoms with Gasteiger partial charge in [-0.15, -0.1) is 0 Å². The summed E-state index contributed by atoms with van der Waals surface area (Å²) in [5.74, 6) is -1.81. The Bertz CT molecular complexity index is 647. The summed E-state index contributed by atoms with van der Waals surface area (Å²) in [6.07, 6.45) is 0. The van der Waals surface area contributed by atoms with Crippen molar-refractivity contribution in [2.45, 2.75) is 20.8 Å². The summed E-state index contributed by atoms with van der Waals surface area (Å²) in [4.78, 5) is 38.2. The number of amides is 3. The number of carboxylic acid groups (broad SMARTS) is 1. The molecule has 1 unspecified atom stereocenters. The molecule has 0 aromatic heterocycles. The Hall–Kier alpha value is -2.28. The van der Waals surface area contributed by atoms with Gasteiger partial charge >= 0.3 is 12.0 Å². The Morgan fingerprint density at radius 2 is 1.84 bits per heavy atom. The number of nitrogens with one attached hydrogen (secondary N) is 1. The number of nitrogens with zero attached hydrogens (tertiary/aromatic N) is 2. The minimum Gasteiger partial charge on any atom is -0.481 e. The Labute approximate surface area is 152 Å². The molecule has 0 aliphatic heterocycles. The van der Waals surface area contributed by atoms with E-state index in [0.29, 0.717) is 24.3 Å². The largest absolute Gasteiger partial charge is 0.481 e. The maximum absolute atomic E-state index is 12.3. The molecule has 0 saturated carbocycles. The minimum atomic E-state index is -0.970. The SMILES string of the molecule is CCN(CC)C(=O)c1ccc(NC(=O)N(C)CC(C)C(=O)O)cc1Cl. The predicted octanol–water partition coefficient (Wildman–Crippen LogP) is 3.01. The summed E-state index contributed by atoms with van der Waals surface area (Å²) in [5.41, 5.74) is 0.803. The Morgan fingerprint density at radius 1 is 1.24 bits per heavy atom. The summed E-state index contributed by atoms with van der Waals surface area (Å²) in [6.45, 7) is 6.53. The van der Waals surface area contributed by atoms with Crippen LogP contribution in [0.5, 0.6) is 0 Å². The highest BCUT2D eigenvalue weighted by Gasteiger charge is 2.19. The highest BCUT2D eigenvalue weighted by molar-refractivity contribution is 6.34. The first kappa shape index (κ1) is 20.8. The molecule has 1 aromatic rings. The molecule has 0 fully saturated rings. The molecule has 1 aromatic carbocycles. The average Bonchev–Trinajstić information content (AvgIpc) is 2.55. The molecule has 0 saturated heterocycles. The summed E-state index contributed by atoms with van der Waals surface area (Å²) in [5, 5.41) is 11.8. The van der Waals surface area contributed by atoms with Crippen molar-refractivity contribution in [1.82, 2.24) is 9.80 Å². The van der Waals surface area contributed by atoms with Gasteiger partial charge in [0.05, 0.1) is 16.5 Å². The lowest BCUT2D eigenvalue weighted by molar-refractivity contribution is -0.141. The number of carboxylic acids is 1. The van der Waals surface area contributed by atoms with Crippen LogP contribution in [-0.2, 0) is 4.79 Å². The zero-order valence-corrected chi connectivity index (χ0v) is 15.6. The number of hydrogen-bond donors (Lipinski definition) is 2. The van der Waals surface area contributed by atoms with Crippen molar-refractivity contribution in [3.63, 3.8) is 0 Å². The van der Waals surface area contributed by atoms with E-state index in [1.807, 2.05) is 13.8 Å². The highest BCUT2D eigenvalue weighted by atomic mass is 35.5. The fourth-order valence-corrected chi connectivity index (χ4v) is 2.50. The molecule has 0 heterocycles. The first-order chi connectivity index (χ1) is 11.7. The number of benzene rings is 1. The van der Waals surface area contributed by atoms with E-state index < -0.39 is 17.9 Å². The molecule has 3 amide bonds. The molecule has 2 N–H and O–H groups in total. The molecule has 1 rings (SSSR count). The van der Waals surface area contributed by atoms with E-state index in [2.05, 4.69) is 5.32 Å². The topological polar surface area (TPSA) is 90.0 Å². The van der Waals surface area contributed by atoms with Gasteiger partial charge in [-0.2, -0.15) is 0 Å². The summed E-state index contributed by atoms with van der Waals surface area (Å²) in [6, 6.07) is 4.21. The first-order valence-corrected chi connectivity index (χ1v) is 8.42. The van der Waals surface area contributed by atoms with Crippen molar-refractivity contribution in [2.75, 3.05) is 32.0 Å². The third-order valence-corrected chi connectivity index (χ3v) is 4.13. The minimum absolute atomic E-state index is 0.0768. The van der Waals surface area contributed by atoms with E-state index in [0.717, 1.165) is 0 Å². The maximum atomic E-state index is 12.3. The van der Waals surface area contributed by atoms with Crippen LogP contribution in [0.2, 0.25) is 5.02 Å². The van der Waals surface area contributed by atoms with E-state index in [-0.39, 0.29) is 17.5 Å². The van der Waals surface area contributed by atoms with Gasteiger partial charge < -0.3 is 20.2 Å². The number of urea groups is 1. The summed E-state index contributed by atoms with van der Waals surface area (Å²) in [7, 11) is 1.51. The number of carbonyl (C=O) groups is 3. The molecule has 138 valence electrons. The van der Waals surface area contributed by atoms with Crippen molar-refractivity contribution in [3.05, 3.63) is 28.8 Å². The molecule has 0 radical (unpaired) electrons. The van der Waals surface area contributed by atoms with Crippen LogP contribution in [0.15, 0.2) is 18.2 Å². The van der Waals surface area contributed by atoms with Gasteiger partial charge in [-0.1, -0.05) is 18.5 Å². The Kier molecular flexibility index (Phi) is 7.70. The number of anilines is 1. The van der Waals surface area contributed by atoms with Gasteiger partial charge in [-0.05, 0) is 32.0 Å². The van der Waals surface area contributed by atoms with Crippen LogP contribution in [0.1, 0.15) is 31.1 Å². The first-order valence-electron chi connectivity index (χ1n) is 8.04. The quantitative estimate of drug-likeness (QED) is 0.773. The van der Waals surface area contributed by atoms with Crippen LogP contribution >= 0.6 is 11.6 Å². The van der Waals surface area contributed by atoms with Gasteiger partial charge in [0.1, 0.15) is 0 Å². The van der Waals surface area contributed by atoms with E-state index >= 15 is 0 Å². The highest BCUT2D eigenvalue weighted by Crippen LogP contribution is 2.22. The molecule has 0 aliphatic carbocycles. The van der Waals surface area contributed by atoms with E-state index in [9.17, 15) is 14.4 Å². The van der Waals surface area contributed by atoms with Gasteiger partial charge in [-0.3, -0.25) is 9.59 Å². The monoisotopic (exact) mass is 369 g/mol. The summed E-state index contributed by atoms with van der Waals surface area (Å²) < 4.78 is 0. The predicted molar refractivity (Wildman–Crippen MR) is 97.2 cm³/mol. The molecular formula is C17H24ClN3O4. The normalized spacial score (nSPS) is 11.6. The number of aliphatic carboxylic acids is 1. The zero-order valence-electron chi connectivity index (χ0n) is 14.9. The lowest BCUT2D eigenvalue weighted by atomic mass is 10.1. The van der Waals surface area contributed by atoms with Crippen molar-refractivity contribution in [3.8, 4) is 0 Å². The molecule has 25 heavy (non-hydrogen) atoms. The Morgan fingerprint density at radius 3 is 2.32 bits per heavy atom. The lowest BCUT2D eigenvalue weighted by Gasteiger charge is -2.21. The second kappa shape index (κ2) is 9.27. The van der Waals surface area contributed by atoms with Crippen molar-refractivity contribution < 1.29 is 19.5 Å².